The molecule has 1 aliphatic rings. The van der Waals surface area contributed by atoms with Crippen LogP contribution >= 0.6 is 0 Å². The van der Waals surface area contributed by atoms with E-state index in [9.17, 15) is 5.11 Å². The van der Waals surface area contributed by atoms with E-state index in [1.807, 2.05) is 24.3 Å². The fourth-order valence-electron chi connectivity index (χ4n) is 3.43. The first-order valence-corrected chi connectivity index (χ1v) is 8.34. The normalized spacial score (nSPS) is 17.0. The second-order valence-electron chi connectivity index (χ2n) is 6.59. The predicted octanol–water partition coefficient (Wildman–Crippen LogP) is 3.08. The van der Waals surface area contributed by atoms with Gasteiger partial charge in [0, 0.05) is 13.1 Å². The predicted molar refractivity (Wildman–Crippen MR) is 88.6 cm³/mol. The summed E-state index contributed by atoms with van der Waals surface area (Å²) >= 11 is 0. The largest absolute Gasteiger partial charge is 0.462 e. The zero-order valence-electron chi connectivity index (χ0n) is 13.4. The average Bonchev–Trinajstić information content (AvgIpc) is 3.17. The molecule has 0 atom stereocenters. The van der Waals surface area contributed by atoms with Gasteiger partial charge < -0.3 is 14.6 Å². The summed E-state index contributed by atoms with van der Waals surface area (Å²) in [6.07, 6.45) is 3.95. The van der Waals surface area contributed by atoms with Crippen LogP contribution in [-0.4, -0.2) is 27.3 Å². The van der Waals surface area contributed by atoms with Crippen LogP contribution in [0.5, 0.6) is 0 Å². The maximum atomic E-state index is 10.8. The van der Waals surface area contributed by atoms with E-state index in [1.54, 1.807) is 6.07 Å². The molecule has 0 radical (unpaired) electrons. The molecular formula is C19H25NO3. The first-order valence-electron chi connectivity index (χ1n) is 8.34. The summed E-state index contributed by atoms with van der Waals surface area (Å²) in [5.41, 5.74) is 0.643. The molecule has 1 heterocycles. The van der Waals surface area contributed by atoms with Crippen LogP contribution in [0.4, 0.5) is 0 Å². The van der Waals surface area contributed by atoms with Crippen LogP contribution in [0.2, 0.25) is 0 Å². The molecule has 1 fully saturated rings. The van der Waals surface area contributed by atoms with Crippen LogP contribution in [0, 0.1) is 0 Å². The zero-order chi connectivity index (χ0) is 16.1. The van der Waals surface area contributed by atoms with Crippen molar-refractivity contribution >= 4 is 0 Å². The molecule has 124 valence electrons. The van der Waals surface area contributed by atoms with Crippen molar-refractivity contribution < 1.29 is 14.6 Å². The quantitative estimate of drug-likeness (QED) is 0.824. The number of nitrogens with zero attached hydrogens (tertiary/aromatic N) is 1. The van der Waals surface area contributed by atoms with Crippen LogP contribution in [0.15, 0.2) is 46.9 Å². The molecule has 1 saturated carbocycles. The Morgan fingerprint density at radius 1 is 0.957 bits per heavy atom. The van der Waals surface area contributed by atoms with Gasteiger partial charge in [-0.1, -0.05) is 43.2 Å². The van der Waals surface area contributed by atoms with Gasteiger partial charge in [0.2, 0.25) is 0 Å². The topological polar surface area (TPSA) is 56.8 Å². The molecule has 0 bridgehead atoms. The fourth-order valence-corrected chi connectivity index (χ4v) is 3.43. The molecule has 0 spiro atoms. The minimum Gasteiger partial charge on any atom is -0.462 e. The molecule has 4 nitrogen and oxygen atoms in total. The number of benzene rings is 1. The first kappa shape index (κ1) is 16.2. The molecule has 2 aromatic rings. The highest BCUT2D eigenvalue weighted by molar-refractivity contribution is 5.15. The Bertz CT molecular complexity index is 602. The summed E-state index contributed by atoms with van der Waals surface area (Å²) in [4.78, 5) is 2.24. The molecule has 1 aromatic heterocycles. The summed E-state index contributed by atoms with van der Waals surface area (Å²) in [5.74, 6) is 1.41. The van der Waals surface area contributed by atoms with E-state index in [1.165, 1.54) is 5.56 Å². The van der Waals surface area contributed by atoms with E-state index >= 15 is 0 Å². The van der Waals surface area contributed by atoms with Crippen molar-refractivity contribution in [2.75, 3.05) is 6.54 Å². The number of aliphatic hydroxyl groups is 2. The minimum absolute atomic E-state index is 0.0807. The Kier molecular flexibility index (Phi) is 5.16. The van der Waals surface area contributed by atoms with Crippen molar-refractivity contribution in [2.45, 2.75) is 51.0 Å². The van der Waals surface area contributed by atoms with E-state index in [2.05, 4.69) is 17.0 Å². The van der Waals surface area contributed by atoms with Crippen molar-refractivity contribution in [3.05, 3.63) is 59.5 Å². The zero-order valence-corrected chi connectivity index (χ0v) is 13.4. The first-order chi connectivity index (χ1) is 11.2. The SMILES string of the molecule is OCc1ccc(CN(Cc2ccccc2)CC2(O)CCCC2)o1. The van der Waals surface area contributed by atoms with E-state index in [-0.39, 0.29) is 6.61 Å². The molecule has 23 heavy (non-hydrogen) atoms. The van der Waals surface area contributed by atoms with Crippen LogP contribution in [0.3, 0.4) is 0 Å². The number of hydrogen-bond donors (Lipinski definition) is 2. The van der Waals surface area contributed by atoms with Gasteiger partial charge >= 0.3 is 0 Å². The van der Waals surface area contributed by atoms with Gasteiger partial charge in [0.05, 0.1) is 12.1 Å². The summed E-state index contributed by atoms with van der Waals surface area (Å²) in [7, 11) is 0. The number of hydrogen-bond acceptors (Lipinski definition) is 4. The third-order valence-electron chi connectivity index (χ3n) is 4.55. The van der Waals surface area contributed by atoms with Gasteiger partial charge in [-0.25, -0.2) is 0 Å². The lowest BCUT2D eigenvalue weighted by molar-refractivity contribution is 0.00268. The van der Waals surface area contributed by atoms with Crippen molar-refractivity contribution in [3.8, 4) is 0 Å². The molecule has 2 N–H and O–H groups in total. The van der Waals surface area contributed by atoms with Gasteiger partial charge in [-0.3, -0.25) is 4.90 Å². The van der Waals surface area contributed by atoms with Crippen molar-refractivity contribution in [2.24, 2.45) is 0 Å². The third-order valence-corrected chi connectivity index (χ3v) is 4.55. The van der Waals surface area contributed by atoms with Gasteiger partial charge in [0.1, 0.15) is 18.1 Å². The monoisotopic (exact) mass is 315 g/mol. The molecule has 0 aliphatic heterocycles. The number of rotatable bonds is 7. The van der Waals surface area contributed by atoms with E-state index < -0.39 is 5.60 Å². The Hall–Kier alpha value is -1.62. The summed E-state index contributed by atoms with van der Waals surface area (Å²) in [5, 5.41) is 19.9. The molecule has 4 heteroatoms. The summed E-state index contributed by atoms with van der Waals surface area (Å²) in [6.45, 7) is 1.98. The Balaban J connectivity index is 1.72. The Morgan fingerprint density at radius 2 is 1.65 bits per heavy atom. The second kappa shape index (κ2) is 7.30. The van der Waals surface area contributed by atoms with Crippen molar-refractivity contribution in [1.82, 2.24) is 4.90 Å². The maximum absolute atomic E-state index is 10.8. The fraction of sp³-hybridized carbons (Fsp3) is 0.474. The molecule has 1 aromatic carbocycles. The van der Waals surface area contributed by atoms with Crippen LogP contribution in [0.25, 0.3) is 0 Å². The van der Waals surface area contributed by atoms with E-state index in [0.29, 0.717) is 18.8 Å². The highest BCUT2D eigenvalue weighted by atomic mass is 16.4. The number of aliphatic hydroxyl groups excluding tert-OH is 1. The molecule has 0 saturated heterocycles. The molecule has 0 amide bonds. The van der Waals surface area contributed by atoms with Gasteiger partial charge in [0.15, 0.2) is 0 Å². The third kappa shape index (κ3) is 4.44. The molecular weight excluding hydrogens is 290 g/mol. The molecule has 0 unspecified atom stereocenters. The van der Waals surface area contributed by atoms with Gasteiger partial charge in [-0.05, 0) is 30.5 Å². The summed E-state index contributed by atoms with van der Waals surface area (Å²) in [6, 6.07) is 14.0. The standard InChI is InChI=1S/C19H25NO3/c21-14-18-9-8-17(23-18)13-20(12-16-6-2-1-3-7-16)15-19(22)10-4-5-11-19/h1-3,6-9,21-22H,4-5,10-15H2. The Morgan fingerprint density at radius 3 is 2.30 bits per heavy atom. The highest BCUT2D eigenvalue weighted by Gasteiger charge is 2.33. The van der Waals surface area contributed by atoms with E-state index in [4.69, 9.17) is 9.52 Å². The highest BCUT2D eigenvalue weighted by Crippen LogP contribution is 2.31. The lowest BCUT2D eigenvalue weighted by atomic mass is 10.0. The van der Waals surface area contributed by atoms with Gasteiger partial charge in [-0.15, -0.1) is 0 Å². The lowest BCUT2D eigenvalue weighted by Crippen LogP contribution is -2.40. The van der Waals surface area contributed by atoms with Gasteiger partial charge in [-0.2, -0.15) is 0 Å². The van der Waals surface area contributed by atoms with E-state index in [0.717, 1.165) is 38.0 Å². The minimum atomic E-state index is -0.582. The van der Waals surface area contributed by atoms with Crippen LogP contribution in [0.1, 0.15) is 42.8 Å². The maximum Gasteiger partial charge on any atom is 0.129 e. The molecule has 3 rings (SSSR count). The van der Waals surface area contributed by atoms with Crippen molar-refractivity contribution in [3.63, 3.8) is 0 Å². The number of furan rings is 1. The van der Waals surface area contributed by atoms with Crippen molar-refractivity contribution in [1.29, 1.82) is 0 Å². The summed E-state index contributed by atoms with van der Waals surface area (Å²) < 4.78 is 5.63. The lowest BCUT2D eigenvalue weighted by Gasteiger charge is -2.31. The Labute approximate surface area is 137 Å². The van der Waals surface area contributed by atoms with Crippen LogP contribution in [-0.2, 0) is 19.7 Å². The van der Waals surface area contributed by atoms with Gasteiger partial charge in [0.25, 0.3) is 0 Å². The average molecular weight is 315 g/mol. The molecule has 1 aliphatic carbocycles. The smallest absolute Gasteiger partial charge is 0.129 e. The van der Waals surface area contributed by atoms with Crippen LogP contribution < -0.4 is 0 Å². The second-order valence-corrected chi connectivity index (χ2v) is 6.59.